The Morgan fingerprint density at radius 2 is 1.89 bits per heavy atom. The highest BCUT2D eigenvalue weighted by Gasteiger charge is 2.22. The van der Waals surface area contributed by atoms with Gasteiger partial charge in [-0.25, -0.2) is 0 Å². The summed E-state index contributed by atoms with van der Waals surface area (Å²) in [4.78, 5) is 0. The maximum atomic E-state index is 6.29. The van der Waals surface area contributed by atoms with E-state index < -0.39 is 0 Å². The second-order valence-electron chi connectivity index (χ2n) is 4.64. The molecule has 0 aromatic heterocycles. The van der Waals surface area contributed by atoms with Crippen LogP contribution in [0.15, 0.2) is 36.4 Å². The monoisotopic (exact) mass is 277 g/mol. The summed E-state index contributed by atoms with van der Waals surface area (Å²) in [6.45, 7) is 0. The quantitative estimate of drug-likeness (QED) is 0.810. The predicted octanol–water partition coefficient (Wildman–Crippen LogP) is 4.61. The topological polar surface area (TPSA) is 26.0 Å². The Morgan fingerprint density at radius 1 is 1.06 bits per heavy atom. The summed E-state index contributed by atoms with van der Waals surface area (Å²) < 4.78 is 0. The molecule has 1 aliphatic carbocycles. The first-order valence-electron chi connectivity index (χ1n) is 5.99. The molecule has 0 amide bonds. The van der Waals surface area contributed by atoms with Crippen molar-refractivity contribution in [2.24, 2.45) is 5.73 Å². The summed E-state index contributed by atoms with van der Waals surface area (Å²) in [6.07, 6.45) is 2.03. The third-order valence-electron chi connectivity index (χ3n) is 3.54. The normalized spacial score (nSPS) is 17.8. The summed E-state index contributed by atoms with van der Waals surface area (Å²) in [7, 11) is 0. The largest absolute Gasteiger partial charge is 0.324 e. The van der Waals surface area contributed by atoms with Gasteiger partial charge in [0, 0.05) is 21.7 Å². The van der Waals surface area contributed by atoms with E-state index in [1.54, 1.807) is 6.07 Å². The summed E-state index contributed by atoms with van der Waals surface area (Å²) >= 11 is 12.2. The average Bonchev–Trinajstić information content (AvgIpc) is 2.72. The third kappa shape index (κ3) is 1.93. The van der Waals surface area contributed by atoms with Crippen LogP contribution in [0.5, 0.6) is 0 Å². The van der Waals surface area contributed by atoms with Gasteiger partial charge in [0.1, 0.15) is 0 Å². The predicted molar refractivity (Wildman–Crippen MR) is 77.1 cm³/mol. The van der Waals surface area contributed by atoms with Crippen LogP contribution in [0.1, 0.15) is 23.6 Å². The maximum Gasteiger partial charge on any atom is 0.0499 e. The molecular formula is C15H13Cl2N. The first kappa shape index (κ1) is 12.0. The summed E-state index contributed by atoms with van der Waals surface area (Å²) in [6, 6.07) is 12.1. The van der Waals surface area contributed by atoms with Crippen molar-refractivity contribution in [1.82, 2.24) is 0 Å². The van der Waals surface area contributed by atoms with Crippen LogP contribution in [-0.2, 0) is 6.42 Å². The second kappa shape index (κ2) is 4.58. The molecule has 0 aliphatic heterocycles. The van der Waals surface area contributed by atoms with E-state index in [0.717, 1.165) is 18.4 Å². The van der Waals surface area contributed by atoms with Gasteiger partial charge in [0.2, 0.25) is 0 Å². The molecule has 1 nitrogen and oxygen atoms in total. The molecule has 0 saturated heterocycles. The molecule has 3 rings (SSSR count). The Morgan fingerprint density at radius 3 is 2.67 bits per heavy atom. The lowest BCUT2D eigenvalue weighted by molar-refractivity contribution is 0.713. The number of rotatable bonds is 1. The highest BCUT2D eigenvalue weighted by Crippen LogP contribution is 2.39. The van der Waals surface area contributed by atoms with Crippen molar-refractivity contribution in [3.8, 4) is 11.1 Å². The summed E-state index contributed by atoms with van der Waals surface area (Å²) in [5.74, 6) is 0. The van der Waals surface area contributed by atoms with Crippen LogP contribution in [0.2, 0.25) is 10.0 Å². The van der Waals surface area contributed by atoms with E-state index in [4.69, 9.17) is 28.9 Å². The molecule has 0 heterocycles. The van der Waals surface area contributed by atoms with Gasteiger partial charge in [-0.05, 0) is 41.7 Å². The molecule has 18 heavy (non-hydrogen) atoms. The number of hydrogen-bond acceptors (Lipinski definition) is 1. The van der Waals surface area contributed by atoms with Gasteiger partial charge in [0.05, 0.1) is 0 Å². The van der Waals surface area contributed by atoms with Crippen molar-refractivity contribution in [3.63, 3.8) is 0 Å². The van der Waals surface area contributed by atoms with E-state index in [1.165, 1.54) is 16.7 Å². The smallest absolute Gasteiger partial charge is 0.0499 e. The van der Waals surface area contributed by atoms with Crippen LogP contribution in [0.25, 0.3) is 11.1 Å². The van der Waals surface area contributed by atoms with Gasteiger partial charge in [-0.1, -0.05) is 47.5 Å². The number of halogens is 2. The fourth-order valence-corrected chi connectivity index (χ4v) is 3.16. The first-order chi connectivity index (χ1) is 8.66. The molecule has 92 valence electrons. The van der Waals surface area contributed by atoms with E-state index in [0.29, 0.717) is 10.0 Å². The fraction of sp³-hybridized carbons (Fsp3) is 0.200. The molecule has 1 atom stereocenters. The SMILES string of the molecule is NC1CCc2c(-c3ccc(Cl)cc3Cl)cccc21. The molecule has 0 radical (unpaired) electrons. The zero-order chi connectivity index (χ0) is 12.7. The Kier molecular flexibility index (Phi) is 3.06. The maximum absolute atomic E-state index is 6.29. The Hall–Kier alpha value is -1.02. The van der Waals surface area contributed by atoms with Crippen molar-refractivity contribution in [1.29, 1.82) is 0 Å². The number of nitrogens with two attached hydrogens (primary N) is 1. The lowest BCUT2D eigenvalue weighted by atomic mass is 9.96. The Labute approximate surface area is 117 Å². The van der Waals surface area contributed by atoms with Gasteiger partial charge in [0.15, 0.2) is 0 Å². The van der Waals surface area contributed by atoms with E-state index in [-0.39, 0.29) is 6.04 Å². The van der Waals surface area contributed by atoms with Gasteiger partial charge in [-0.2, -0.15) is 0 Å². The van der Waals surface area contributed by atoms with Crippen LogP contribution >= 0.6 is 23.2 Å². The number of hydrogen-bond donors (Lipinski definition) is 1. The highest BCUT2D eigenvalue weighted by molar-refractivity contribution is 6.36. The van der Waals surface area contributed by atoms with E-state index >= 15 is 0 Å². The van der Waals surface area contributed by atoms with Crippen LogP contribution in [-0.4, -0.2) is 0 Å². The molecule has 0 saturated carbocycles. The molecule has 2 aromatic carbocycles. The van der Waals surface area contributed by atoms with Crippen molar-refractivity contribution in [3.05, 3.63) is 57.6 Å². The number of fused-ring (bicyclic) bond motifs is 1. The van der Waals surface area contributed by atoms with Crippen molar-refractivity contribution in [2.45, 2.75) is 18.9 Å². The minimum Gasteiger partial charge on any atom is -0.324 e. The molecule has 2 aromatic rings. The minimum atomic E-state index is 0.158. The molecule has 1 aliphatic rings. The zero-order valence-electron chi connectivity index (χ0n) is 9.79. The van der Waals surface area contributed by atoms with Gasteiger partial charge in [0.25, 0.3) is 0 Å². The standard InChI is InChI=1S/C15H13Cl2N/c16-9-4-5-12(14(17)8-9)10-2-1-3-13-11(10)6-7-15(13)18/h1-5,8,15H,6-7,18H2. The number of benzene rings is 2. The summed E-state index contributed by atoms with van der Waals surface area (Å²) in [5.41, 5.74) is 10.9. The van der Waals surface area contributed by atoms with Gasteiger partial charge in [-0.3, -0.25) is 0 Å². The summed E-state index contributed by atoms with van der Waals surface area (Å²) in [5, 5.41) is 1.35. The van der Waals surface area contributed by atoms with E-state index in [2.05, 4.69) is 12.1 Å². The van der Waals surface area contributed by atoms with Crippen molar-refractivity contribution < 1.29 is 0 Å². The average molecular weight is 278 g/mol. The van der Waals surface area contributed by atoms with Crippen LogP contribution in [0.3, 0.4) is 0 Å². The van der Waals surface area contributed by atoms with Crippen LogP contribution in [0, 0.1) is 0 Å². The van der Waals surface area contributed by atoms with E-state index in [9.17, 15) is 0 Å². The van der Waals surface area contributed by atoms with E-state index in [1.807, 2.05) is 18.2 Å². The molecule has 2 N–H and O–H groups in total. The lowest BCUT2D eigenvalue weighted by Crippen LogP contribution is -2.04. The molecule has 0 bridgehead atoms. The van der Waals surface area contributed by atoms with Crippen LogP contribution < -0.4 is 5.73 Å². The molecule has 0 spiro atoms. The molecule has 0 fully saturated rings. The minimum absolute atomic E-state index is 0.158. The Balaban J connectivity index is 2.19. The van der Waals surface area contributed by atoms with Gasteiger partial charge in [-0.15, -0.1) is 0 Å². The Bertz CT molecular complexity index is 607. The van der Waals surface area contributed by atoms with Gasteiger partial charge >= 0.3 is 0 Å². The first-order valence-corrected chi connectivity index (χ1v) is 6.75. The lowest BCUT2D eigenvalue weighted by Gasteiger charge is -2.11. The molecule has 1 unspecified atom stereocenters. The molecule has 3 heteroatoms. The third-order valence-corrected chi connectivity index (χ3v) is 4.09. The second-order valence-corrected chi connectivity index (χ2v) is 5.49. The van der Waals surface area contributed by atoms with Gasteiger partial charge < -0.3 is 5.73 Å². The van der Waals surface area contributed by atoms with Crippen LogP contribution in [0.4, 0.5) is 0 Å². The fourth-order valence-electron chi connectivity index (χ4n) is 2.65. The van der Waals surface area contributed by atoms with Crippen molar-refractivity contribution >= 4 is 23.2 Å². The highest BCUT2D eigenvalue weighted by atomic mass is 35.5. The van der Waals surface area contributed by atoms with Crippen molar-refractivity contribution in [2.75, 3.05) is 0 Å². The zero-order valence-corrected chi connectivity index (χ0v) is 11.3. The molecular weight excluding hydrogens is 265 g/mol.